The largest absolute Gasteiger partial charge is 0.384 e. The van der Waals surface area contributed by atoms with Crippen LogP contribution in [0.25, 0.3) is 0 Å². The zero-order valence-corrected chi connectivity index (χ0v) is 11.3. The molecule has 2 aliphatic heterocycles. The molecule has 1 unspecified atom stereocenters. The Balaban J connectivity index is 1.54. The summed E-state index contributed by atoms with van der Waals surface area (Å²) in [5, 5.41) is 0. The minimum absolute atomic E-state index is 0.612. The molecule has 5 nitrogen and oxygen atoms in total. The summed E-state index contributed by atoms with van der Waals surface area (Å²) in [4.78, 5) is 9.42. The predicted octanol–water partition coefficient (Wildman–Crippen LogP) is 0.570. The van der Waals surface area contributed by atoms with Crippen molar-refractivity contribution in [1.29, 1.82) is 0 Å². The molecule has 0 saturated carbocycles. The van der Waals surface area contributed by atoms with Crippen molar-refractivity contribution in [2.24, 2.45) is 0 Å². The molecule has 0 radical (unpaired) electrons. The molecule has 1 atom stereocenters. The first-order chi connectivity index (χ1) is 9.31. The van der Waals surface area contributed by atoms with Gasteiger partial charge in [-0.15, -0.1) is 0 Å². The first-order valence-corrected chi connectivity index (χ1v) is 7.07. The summed E-state index contributed by atoms with van der Waals surface area (Å²) in [6, 6.07) is 6.56. The fraction of sp³-hybridized carbons (Fsp3) is 0.643. The Morgan fingerprint density at radius 3 is 2.89 bits per heavy atom. The summed E-state index contributed by atoms with van der Waals surface area (Å²) in [6.07, 6.45) is 1.25. The second-order valence-corrected chi connectivity index (χ2v) is 5.38. The van der Waals surface area contributed by atoms with Crippen LogP contribution < -0.4 is 5.73 Å². The van der Waals surface area contributed by atoms with Gasteiger partial charge >= 0.3 is 0 Å². The molecule has 2 N–H and O–H groups in total. The van der Waals surface area contributed by atoms with E-state index in [0.29, 0.717) is 11.9 Å². The molecular formula is C14H22N4O. The van der Waals surface area contributed by atoms with Crippen LogP contribution in [-0.2, 0) is 11.3 Å². The van der Waals surface area contributed by atoms with Crippen LogP contribution in [0, 0.1) is 0 Å². The molecule has 0 amide bonds. The maximum atomic E-state index is 5.73. The lowest BCUT2D eigenvalue weighted by molar-refractivity contribution is 0.0183. The minimum atomic E-state index is 0.612. The smallest absolute Gasteiger partial charge is 0.123 e. The summed E-state index contributed by atoms with van der Waals surface area (Å²) in [5.74, 6) is 0.612. The van der Waals surface area contributed by atoms with E-state index in [-0.39, 0.29) is 0 Å². The van der Waals surface area contributed by atoms with E-state index in [1.165, 1.54) is 6.42 Å². The lowest BCUT2D eigenvalue weighted by atomic mass is 10.2. The Morgan fingerprint density at radius 1 is 1.26 bits per heavy atom. The van der Waals surface area contributed by atoms with Crippen LogP contribution in [0.1, 0.15) is 12.1 Å². The number of nitrogens with zero attached hydrogens (tertiary/aromatic N) is 3. The van der Waals surface area contributed by atoms with Crippen molar-refractivity contribution in [1.82, 2.24) is 14.8 Å². The average molecular weight is 262 g/mol. The Labute approximate surface area is 114 Å². The number of rotatable bonds is 3. The summed E-state index contributed by atoms with van der Waals surface area (Å²) < 4.78 is 5.42. The highest BCUT2D eigenvalue weighted by atomic mass is 16.5. The van der Waals surface area contributed by atoms with Gasteiger partial charge in [-0.1, -0.05) is 6.07 Å². The minimum Gasteiger partial charge on any atom is -0.384 e. The van der Waals surface area contributed by atoms with Crippen molar-refractivity contribution >= 4 is 5.82 Å². The van der Waals surface area contributed by atoms with Crippen LogP contribution in [0.4, 0.5) is 5.82 Å². The zero-order chi connectivity index (χ0) is 13.1. The van der Waals surface area contributed by atoms with Gasteiger partial charge in [0.1, 0.15) is 5.82 Å². The number of anilines is 1. The lowest BCUT2D eigenvalue weighted by Gasteiger charge is -2.32. The van der Waals surface area contributed by atoms with E-state index in [2.05, 4.69) is 20.9 Å². The fourth-order valence-electron chi connectivity index (χ4n) is 3.01. The Morgan fingerprint density at radius 2 is 2.11 bits per heavy atom. The van der Waals surface area contributed by atoms with Gasteiger partial charge in [0, 0.05) is 38.8 Å². The molecular weight excluding hydrogens is 240 g/mol. The third-order valence-corrected chi connectivity index (χ3v) is 4.02. The summed E-state index contributed by atoms with van der Waals surface area (Å²) in [6.45, 7) is 7.12. The number of aromatic nitrogens is 1. The molecule has 1 aromatic rings. The van der Waals surface area contributed by atoms with Crippen LogP contribution in [-0.4, -0.2) is 60.2 Å². The Hall–Kier alpha value is -1.17. The number of nitrogens with two attached hydrogens (primary N) is 1. The third-order valence-electron chi connectivity index (χ3n) is 4.02. The first-order valence-electron chi connectivity index (χ1n) is 7.07. The van der Waals surface area contributed by atoms with Crippen LogP contribution in [0.5, 0.6) is 0 Å². The standard InChI is InChI=1S/C14H22N4O/c15-14-3-1-2-12(16-14)10-17-5-4-13(11-17)18-6-8-19-9-7-18/h1-3,13H,4-11H2,(H2,15,16). The molecule has 2 aliphatic rings. The van der Waals surface area contributed by atoms with Crippen LogP contribution in [0.15, 0.2) is 18.2 Å². The number of nitrogen functional groups attached to an aromatic ring is 1. The quantitative estimate of drug-likeness (QED) is 0.863. The van der Waals surface area contributed by atoms with Crippen LogP contribution in [0.2, 0.25) is 0 Å². The van der Waals surface area contributed by atoms with Gasteiger partial charge in [0.05, 0.1) is 18.9 Å². The summed E-state index contributed by atoms with van der Waals surface area (Å²) in [5.41, 5.74) is 6.80. The number of likely N-dealkylation sites (tertiary alicyclic amines) is 1. The molecule has 5 heteroatoms. The molecule has 1 aromatic heterocycles. The molecule has 0 aromatic carbocycles. The molecule has 0 bridgehead atoms. The van der Waals surface area contributed by atoms with E-state index in [1.54, 1.807) is 0 Å². The molecule has 3 rings (SSSR count). The fourth-order valence-corrected chi connectivity index (χ4v) is 3.01. The molecule has 0 aliphatic carbocycles. The third kappa shape index (κ3) is 3.23. The SMILES string of the molecule is Nc1cccc(CN2CCC(N3CCOCC3)C2)n1. The monoisotopic (exact) mass is 262 g/mol. The van der Waals surface area contributed by atoms with Gasteiger partial charge in [0.2, 0.25) is 0 Å². The van der Waals surface area contributed by atoms with Gasteiger partial charge in [-0.3, -0.25) is 9.80 Å². The van der Waals surface area contributed by atoms with E-state index in [9.17, 15) is 0 Å². The van der Waals surface area contributed by atoms with Crippen molar-refractivity contribution in [3.63, 3.8) is 0 Å². The maximum Gasteiger partial charge on any atom is 0.123 e. The van der Waals surface area contributed by atoms with Gasteiger partial charge in [0.25, 0.3) is 0 Å². The number of hydrogen-bond donors (Lipinski definition) is 1. The number of morpholine rings is 1. The molecule has 3 heterocycles. The zero-order valence-electron chi connectivity index (χ0n) is 11.3. The second-order valence-electron chi connectivity index (χ2n) is 5.38. The van der Waals surface area contributed by atoms with E-state index < -0.39 is 0 Å². The van der Waals surface area contributed by atoms with Crippen molar-refractivity contribution in [3.8, 4) is 0 Å². The number of pyridine rings is 1. The first kappa shape index (κ1) is 12.8. The van der Waals surface area contributed by atoms with Crippen molar-refractivity contribution in [2.75, 3.05) is 45.1 Å². The lowest BCUT2D eigenvalue weighted by Crippen LogP contribution is -2.44. The van der Waals surface area contributed by atoms with Gasteiger partial charge in [0.15, 0.2) is 0 Å². The Bertz CT molecular complexity index is 420. The highest BCUT2D eigenvalue weighted by molar-refractivity contribution is 5.28. The van der Waals surface area contributed by atoms with Crippen molar-refractivity contribution in [3.05, 3.63) is 23.9 Å². The summed E-state index contributed by atoms with van der Waals surface area (Å²) >= 11 is 0. The molecule has 2 saturated heterocycles. The number of ether oxygens (including phenoxy) is 1. The highest BCUT2D eigenvalue weighted by Crippen LogP contribution is 2.18. The molecule has 2 fully saturated rings. The van der Waals surface area contributed by atoms with E-state index in [0.717, 1.165) is 51.6 Å². The second kappa shape index (κ2) is 5.86. The van der Waals surface area contributed by atoms with Crippen molar-refractivity contribution in [2.45, 2.75) is 19.0 Å². The molecule has 0 spiro atoms. The van der Waals surface area contributed by atoms with E-state index >= 15 is 0 Å². The van der Waals surface area contributed by atoms with E-state index in [4.69, 9.17) is 10.5 Å². The van der Waals surface area contributed by atoms with Crippen molar-refractivity contribution < 1.29 is 4.74 Å². The average Bonchev–Trinajstić information content (AvgIpc) is 2.88. The van der Waals surface area contributed by atoms with Gasteiger partial charge in [-0.25, -0.2) is 4.98 Å². The van der Waals surface area contributed by atoms with Gasteiger partial charge < -0.3 is 10.5 Å². The summed E-state index contributed by atoms with van der Waals surface area (Å²) in [7, 11) is 0. The van der Waals surface area contributed by atoms with Crippen LogP contribution in [0.3, 0.4) is 0 Å². The highest BCUT2D eigenvalue weighted by Gasteiger charge is 2.28. The maximum absolute atomic E-state index is 5.73. The van der Waals surface area contributed by atoms with E-state index in [1.807, 2.05) is 12.1 Å². The molecule has 104 valence electrons. The topological polar surface area (TPSA) is 54.6 Å². The van der Waals surface area contributed by atoms with Crippen LogP contribution >= 0.6 is 0 Å². The Kier molecular flexibility index (Phi) is 3.96. The van der Waals surface area contributed by atoms with Gasteiger partial charge in [-0.05, 0) is 18.6 Å². The normalized spacial score (nSPS) is 25.8. The predicted molar refractivity (Wildman–Crippen MR) is 74.7 cm³/mol. The van der Waals surface area contributed by atoms with Gasteiger partial charge in [-0.2, -0.15) is 0 Å². The molecule has 19 heavy (non-hydrogen) atoms. The number of hydrogen-bond acceptors (Lipinski definition) is 5.